The summed E-state index contributed by atoms with van der Waals surface area (Å²) in [6.07, 6.45) is 3.08. The zero-order valence-corrected chi connectivity index (χ0v) is 16.1. The molecule has 4 rings (SSSR count). The van der Waals surface area contributed by atoms with Gasteiger partial charge in [-0.15, -0.1) is 0 Å². The van der Waals surface area contributed by atoms with E-state index in [1.165, 1.54) is 0 Å². The molecular weight excluding hydrogens is 360 g/mol. The Bertz CT molecular complexity index is 1120. The van der Waals surface area contributed by atoms with Crippen LogP contribution in [0.4, 0.5) is 0 Å². The normalized spacial score (nSPS) is 16.1. The number of hydrogen-bond acceptors (Lipinski definition) is 3. The zero-order valence-electron chi connectivity index (χ0n) is 15.3. The first-order chi connectivity index (χ1) is 13.0. The van der Waals surface area contributed by atoms with Crippen LogP contribution in [0.2, 0.25) is 0 Å². The third-order valence-corrected chi connectivity index (χ3v) is 7.03. The average Bonchev–Trinajstić information content (AvgIpc) is 2.91. The molecule has 0 fully saturated rings. The number of carbonyl (C=O) groups is 1. The van der Waals surface area contributed by atoms with Gasteiger partial charge in [0.25, 0.3) is 0 Å². The lowest BCUT2D eigenvalue weighted by atomic mass is 10.1. The molecule has 140 valence electrons. The molecule has 0 N–H and O–H groups in total. The van der Waals surface area contributed by atoms with E-state index in [9.17, 15) is 13.2 Å². The van der Waals surface area contributed by atoms with E-state index in [0.717, 1.165) is 16.5 Å². The minimum atomic E-state index is -3.33. The van der Waals surface area contributed by atoms with Crippen LogP contribution in [0.3, 0.4) is 0 Å². The van der Waals surface area contributed by atoms with E-state index in [0.29, 0.717) is 29.8 Å². The Labute approximate surface area is 159 Å². The molecule has 0 unspecified atom stereocenters. The summed E-state index contributed by atoms with van der Waals surface area (Å²) in [5, 5.41) is 1.16. The van der Waals surface area contributed by atoms with Crippen molar-refractivity contribution in [3.63, 3.8) is 0 Å². The number of amides is 1. The van der Waals surface area contributed by atoms with Crippen LogP contribution in [-0.2, 0) is 34.6 Å². The lowest BCUT2D eigenvalue weighted by molar-refractivity contribution is -0.131. The summed E-state index contributed by atoms with van der Waals surface area (Å²) >= 11 is 0. The van der Waals surface area contributed by atoms with Crippen LogP contribution in [0.5, 0.6) is 0 Å². The van der Waals surface area contributed by atoms with Crippen LogP contribution in [-0.4, -0.2) is 36.1 Å². The quantitative estimate of drug-likeness (QED) is 0.700. The molecule has 6 heteroatoms. The summed E-state index contributed by atoms with van der Waals surface area (Å²) in [7, 11) is -1.33. The smallest absolute Gasteiger partial charge is 0.223 e. The van der Waals surface area contributed by atoms with Crippen molar-refractivity contribution in [1.82, 2.24) is 9.47 Å². The van der Waals surface area contributed by atoms with E-state index in [4.69, 9.17) is 0 Å². The number of sulfone groups is 1. The Balaban J connectivity index is 1.52. The second-order valence-corrected chi connectivity index (χ2v) is 9.10. The van der Waals surface area contributed by atoms with Gasteiger partial charge in [-0.3, -0.25) is 4.79 Å². The molecule has 1 aliphatic heterocycles. The van der Waals surface area contributed by atoms with E-state index in [-0.39, 0.29) is 18.2 Å². The van der Waals surface area contributed by atoms with E-state index in [2.05, 4.69) is 22.9 Å². The summed E-state index contributed by atoms with van der Waals surface area (Å²) in [5.74, 6) is -0.0286. The van der Waals surface area contributed by atoms with Crippen molar-refractivity contribution >= 4 is 26.6 Å². The predicted molar refractivity (Wildman–Crippen MR) is 105 cm³/mol. The van der Waals surface area contributed by atoms with Gasteiger partial charge in [0.2, 0.25) is 5.91 Å². The highest BCUT2D eigenvalue weighted by Crippen LogP contribution is 2.24. The maximum Gasteiger partial charge on any atom is 0.223 e. The number of para-hydroxylation sites is 1. The monoisotopic (exact) mass is 382 g/mol. The number of benzene rings is 2. The Morgan fingerprint density at radius 3 is 2.67 bits per heavy atom. The van der Waals surface area contributed by atoms with Crippen LogP contribution < -0.4 is 0 Å². The Morgan fingerprint density at radius 1 is 1.07 bits per heavy atom. The fraction of sp³-hybridized carbons (Fsp3) is 0.286. The third kappa shape index (κ3) is 3.37. The summed E-state index contributed by atoms with van der Waals surface area (Å²) < 4.78 is 27.0. The highest BCUT2D eigenvalue weighted by molar-refractivity contribution is 7.91. The highest BCUT2D eigenvalue weighted by Gasteiger charge is 2.27. The third-order valence-electron chi connectivity index (χ3n) is 5.24. The van der Waals surface area contributed by atoms with Gasteiger partial charge in [0.05, 0.1) is 10.6 Å². The van der Waals surface area contributed by atoms with E-state index >= 15 is 0 Å². The number of carbonyl (C=O) groups excluding carboxylic acids is 1. The molecule has 0 saturated heterocycles. The van der Waals surface area contributed by atoms with Crippen LogP contribution >= 0.6 is 0 Å². The average molecular weight is 382 g/mol. The lowest BCUT2D eigenvalue weighted by Gasteiger charge is -2.20. The molecule has 0 atom stereocenters. The topological polar surface area (TPSA) is 59.4 Å². The van der Waals surface area contributed by atoms with Crippen molar-refractivity contribution in [2.75, 3.05) is 12.3 Å². The Kier molecular flexibility index (Phi) is 4.52. The Hall–Kier alpha value is -2.60. The number of aromatic nitrogens is 1. The van der Waals surface area contributed by atoms with Gasteiger partial charge in [0.15, 0.2) is 9.84 Å². The van der Waals surface area contributed by atoms with Crippen LogP contribution in [0.15, 0.2) is 59.6 Å². The SMILES string of the molecule is Cn1cc(CCC(=O)N2CCS(=O)(=O)c3ccccc3C2)c2ccccc21. The van der Waals surface area contributed by atoms with Crippen LogP contribution in [0.25, 0.3) is 10.9 Å². The first-order valence-electron chi connectivity index (χ1n) is 9.07. The van der Waals surface area contributed by atoms with Crippen LogP contribution in [0, 0.1) is 0 Å². The molecule has 0 spiro atoms. The molecule has 1 amide bonds. The van der Waals surface area contributed by atoms with Gasteiger partial charge < -0.3 is 9.47 Å². The summed E-state index contributed by atoms with van der Waals surface area (Å²) in [5.41, 5.74) is 2.99. The predicted octanol–water partition coefficient (Wildman–Crippen LogP) is 2.93. The largest absolute Gasteiger partial charge is 0.350 e. The lowest BCUT2D eigenvalue weighted by Crippen LogP contribution is -2.32. The molecule has 1 aliphatic rings. The van der Waals surface area contributed by atoms with Crippen molar-refractivity contribution in [3.8, 4) is 0 Å². The van der Waals surface area contributed by atoms with Gasteiger partial charge in [-0.1, -0.05) is 36.4 Å². The second-order valence-electron chi connectivity index (χ2n) is 7.02. The molecule has 0 aliphatic carbocycles. The van der Waals surface area contributed by atoms with Crippen molar-refractivity contribution in [2.24, 2.45) is 7.05 Å². The molecule has 5 nitrogen and oxygen atoms in total. The maximum absolute atomic E-state index is 12.8. The van der Waals surface area contributed by atoms with Gasteiger partial charge in [-0.2, -0.15) is 0 Å². The fourth-order valence-electron chi connectivity index (χ4n) is 3.80. The molecule has 27 heavy (non-hydrogen) atoms. The van der Waals surface area contributed by atoms with Gasteiger partial charge >= 0.3 is 0 Å². The van der Waals surface area contributed by atoms with Crippen molar-refractivity contribution in [1.29, 1.82) is 0 Å². The number of nitrogens with zero attached hydrogens (tertiary/aromatic N) is 2. The van der Waals surface area contributed by atoms with Crippen molar-refractivity contribution in [2.45, 2.75) is 24.3 Å². The molecule has 2 heterocycles. The molecule has 2 aromatic carbocycles. The number of hydrogen-bond donors (Lipinski definition) is 0. The highest BCUT2D eigenvalue weighted by atomic mass is 32.2. The molecule has 3 aromatic rings. The fourth-order valence-corrected chi connectivity index (χ4v) is 5.30. The van der Waals surface area contributed by atoms with Crippen LogP contribution in [0.1, 0.15) is 17.5 Å². The van der Waals surface area contributed by atoms with E-state index in [1.807, 2.05) is 25.2 Å². The van der Waals surface area contributed by atoms with Gasteiger partial charge in [-0.25, -0.2) is 8.42 Å². The molecular formula is C21H22N2O3S. The Morgan fingerprint density at radius 2 is 1.81 bits per heavy atom. The zero-order chi connectivity index (χ0) is 19.0. The minimum Gasteiger partial charge on any atom is -0.350 e. The molecule has 0 saturated carbocycles. The number of rotatable bonds is 3. The molecule has 0 radical (unpaired) electrons. The van der Waals surface area contributed by atoms with E-state index < -0.39 is 9.84 Å². The minimum absolute atomic E-state index is 0.00478. The van der Waals surface area contributed by atoms with Crippen molar-refractivity contribution in [3.05, 3.63) is 65.9 Å². The standard InChI is InChI=1S/C21H22N2O3S/c1-22-14-16(18-7-3-4-8-19(18)22)10-11-21(24)23-12-13-27(25,26)20-9-5-2-6-17(20)15-23/h2-9,14H,10-13,15H2,1H3. The molecule has 0 bridgehead atoms. The van der Waals surface area contributed by atoms with Gasteiger partial charge in [-0.05, 0) is 29.7 Å². The van der Waals surface area contributed by atoms with E-state index in [1.54, 1.807) is 23.1 Å². The first-order valence-corrected chi connectivity index (χ1v) is 10.7. The number of aryl methyl sites for hydroxylation is 2. The maximum atomic E-state index is 12.8. The summed E-state index contributed by atoms with van der Waals surface area (Å²) in [4.78, 5) is 14.8. The molecule has 1 aromatic heterocycles. The van der Waals surface area contributed by atoms with Gasteiger partial charge in [0, 0.05) is 43.7 Å². The summed E-state index contributed by atoms with van der Waals surface area (Å²) in [6, 6.07) is 15.1. The van der Waals surface area contributed by atoms with Gasteiger partial charge in [0.1, 0.15) is 0 Å². The first kappa shape index (κ1) is 17.8. The number of fused-ring (bicyclic) bond motifs is 2. The second kappa shape index (κ2) is 6.85. The van der Waals surface area contributed by atoms with Crippen molar-refractivity contribution < 1.29 is 13.2 Å². The summed E-state index contributed by atoms with van der Waals surface area (Å²) in [6.45, 7) is 0.592.